The first-order valence-electron chi connectivity index (χ1n) is 8.60. The number of hydrogen-bond acceptors (Lipinski definition) is 6. The molecular formula is C19H17BrN2O3S3. The Morgan fingerprint density at radius 3 is 2.82 bits per heavy atom. The lowest BCUT2D eigenvalue weighted by molar-refractivity contribution is -0.137. The molecule has 1 N–H and O–H groups in total. The van der Waals surface area contributed by atoms with Gasteiger partial charge < -0.3 is 5.11 Å². The summed E-state index contributed by atoms with van der Waals surface area (Å²) in [5, 5.41) is 10.7. The van der Waals surface area contributed by atoms with Crippen LogP contribution in [0.5, 0.6) is 0 Å². The lowest BCUT2D eigenvalue weighted by Gasteiger charge is -2.13. The van der Waals surface area contributed by atoms with Crippen LogP contribution in [0.4, 0.5) is 0 Å². The highest BCUT2D eigenvalue weighted by Crippen LogP contribution is 2.35. The van der Waals surface area contributed by atoms with E-state index < -0.39 is 5.97 Å². The van der Waals surface area contributed by atoms with Gasteiger partial charge in [-0.15, -0.1) is 11.3 Å². The highest BCUT2D eigenvalue weighted by atomic mass is 79.9. The van der Waals surface area contributed by atoms with Gasteiger partial charge >= 0.3 is 5.97 Å². The highest BCUT2D eigenvalue weighted by Gasteiger charge is 2.31. The summed E-state index contributed by atoms with van der Waals surface area (Å²) in [6.07, 6.45) is 7.70. The Balaban J connectivity index is 1.63. The smallest absolute Gasteiger partial charge is 0.303 e. The van der Waals surface area contributed by atoms with Crippen LogP contribution in [0.3, 0.4) is 0 Å². The second-order valence-corrected chi connectivity index (χ2v) is 9.70. The van der Waals surface area contributed by atoms with E-state index in [9.17, 15) is 9.59 Å². The lowest BCUT2D eigenvalue weighted by Crippen LogP contribution is -2.29. The Kier molecular flexibility index (Phi) is 7.39. The first-order chi connectivity index (χ1) is 13.4. The average molecular weight is 497 g/mol. The van der Waals surface area contributed by atoms with Crippen molar-refractivity contribution in [3.63, 3.8) is 0 Å². The number of carbonyl (C=O) groups excluding carboxylic acids is 1. The zero-order chi connectivity index (χ0) is 20.1. The van der Waals surface area contributed by atoms with E-state index in [1.807, 2.05) is 23.6 Å². The van der Waals surface area contributed by atoms with E-state index in [2.05, 4.69) is 20.9 Å². The van der Waals surface area contributed by atoms with E-state index in [0.717, 1.165) is 33.3 Å². The summed E-state index contributed by atoms with van der Waals surface area (Å²) < 4.78 is 1.48. The van der Waals surface area contributed by atoms with Crippen LogP contribution in [-0.4, -0.2) is 37.7 Å². The molecule has 3 heterocycles. The van der Waals surface area contributed by atoms with Crippen molar-refractivity contribution in [2.45, 2.75) is 25.7 Å². The van der Waals surface area contributed by atoms with Crippen molar-refractivity contribution in [3.05, 3.63) is 44.2 Å². The van der Waals surface area contributed by atoms with Crippen molar-refractivity contribution in [1.29, 1.82) is 0 Å². The zero-order valence-corrected chi connectivity index (χ0v) is 18.8. The molecule has 0 spiro atoms. The Hall–Kier alpha value is -1.55. The van der Waals surface area contributed by atoms with Crippen LogP contribution >= 0.6 is 51.2 Å². The molecule has 0 aromatic carbocycles. The van der Waals surface area contributed by atoms with E-state index in [1.165, 1.54) is 11.8 Å². The topological polar surface area (TPSA) is 70.5 Å². The third-order valence-electron chi connectivity index (χ3n) is 4.08. The molecule has 0 radical (unpaired) electrons. The molecule has 0 bridgehead atoms. The quantitative estimate of drug-likeness (QED) is 0.299. The number of rotatable bonds is 8. The van der Waals surface area contributed by atoms with Crippen LogP contribution in [0.25, 0.3) is 17.2 Å². The fraction of sp³-hybridized carbons (Fsp3) is 0.263. The standard InChI is InChI=1S/C19H17BrN2O3S3/c20-14-6-12(9-21-10-14)13-7-15(27-11-13)8-16-18(25)22(19(26)28-16)5-3-1-2-4-17(23)24/h6-11H,1-5H2,(H,23,24)/b16-8-. The van der Waals surface area contributed by atoms with Gasteiger partial charge in [-0.1, -0.05) is 30.4 Å². The first-order valence-corrected chi connectivity index (χ1v) is 11.5. The van der Waals surface area contributed by atoms with Crippen molar-refractivity contribution in [2.75, 3.05) is 6.54 Å². The molecule has 0 unspecified atom stereocenters. The maximum absolute atomic E-state index is 12.7. The minimum atomic E-state index is -0.789. The number of hydrogen-bond donors (Lipinski definition) is 1. The Labute approximate surface area is 185 Å². The normalized spacial score (nSPS) is 15.6. The van der Waals surface area contributed by atoms with Crippen LogP contribution in [0.1, 0.15) is 30.6 Å². The molecule has 3 rings (SSSR count). The zero-order valence-electron chi connectivity index (χ0n) is 14.8. The first kappa shape index (κ1) is 21.2. The van der Waals surface area contributed by atoms with Gasteiger partial charge in [-0.05, 0) is 57.9 Å². The molecular weight excluding hydrogens is 480 g/mol. The number of carbonyl (C=O) groups is 2. The summed E-state index contributed by atoms with van der Waals surface area (Å²) >= 11 is 11.7. The maximum Gasteiger partial charge on any atom is 0.303 e. The van der Waals surface area contributed by atoms with Crippen LogP contribution < -0.4 is 0 Å². The maximum atomic E-state index is 12.7. The van der Waals surface area contributed by atoms with Crippen molar-refractivity contribution in [2.24, 2.45) is 0 Å². The van der Waals surface area contributed by atoms with E-state index >= 15 is 0 Å². The third-order valence-corrected chi connectivity index (χ3v) is 6.77. The number of carboxylic acids is 1. The predicted octanol–water partition coefficient (Wildman–Crippen LogP) is 5.42. The third kappa shape index (κ3) is 5.50. The SMILES string of the molecule is O=C(O)CCCCCN1C(=O)/C(=C/c2cc(-c3cncc(Br)c3)cs2)SC1=S. The molecule has 1 saturated heterocycles. The number of thiocarbonyl (C=S) groups is 1. The van der Waals surface area contributed by atoms with Gasteiger partial charge in [0, 0.05) is 40.3 Å². The lowest BCUT2D eigenvalue weighted by atomic mass is 10.1. The number of carboxylic acid groups (broad SMARTS) is 1. The van der Waals surface area contributed by atoms with Gasteiger partial charge in [-0.25, -0.2) is 0 Å². The second-order valence-electron chi connectivity index (χ2n) is 6.17. The molecule has 28 heavy (non-hydrogen) atoms. The predicted molar refractivity (Wildman–Crippen MR) is 121 cm³/mol. The molecule has 9 heteroatoms. The van der Waals surface area contributed by atoms with Crippen molar-refractivity contribution in [3.8, 4) is 11.1 Å². The van der Waals surface area contributed by atoms with Gasteiger partial charge in [0.25, 0.3) is 5.91 Å². The molecule has 1 aliphatic heterocycles. The van der Waals surface area contributed by atoms with Crippen molar-refractivity contribution in [1.82, 2.24) is 9.88 Å². The number of nitrogens with zero attached hydrogens (tertiary/aromatic N) is 2. The van der Waals surface area contributed by atoms with Gasteiger partial charge in [0.1, 0.15) is 4.32 Å². The fourth-order valence-electron chi connectivity index (χ4n) is 2.69. The monoisotopic (exact) mass is 496 g/mol. The molecule has 1 amide bonds. The number of thiophene rings is 1. The number of aromatic nitrogens is 1. The number of amides is 1. The Morgan fingerprint density at radius 1 is 1.25 bits per heavy atom. The largest absolute Gasteiger partial charge is 0.481 e. The van der Waals surface area contributed by atoms with E-state index in [4.69, 9.17) is 17.3 Å². The van der Waals surface area contributed by atoms with Crippen molar-refractivity contribution >= 4 is 73.5 Å². The molecule has 1 fully saturated rings. The summed E-state index contributed by atoms with van der Waals surface area (Å²) in [5.41, 5.74) is 2.07. The molecule has 0 saturated carbocycles. The minimum Gasteiger partial charge on any atom is -0.481 e. The van der Waals surface area contributed by atoms with Crippen LogP contribution in [0.2, 0.25) is 0 Å². The van der Waals surface area contributed by atoms with Gasteiger partial charge in [0.2, 0.25) is 0 Å². The number of pyridine rings is 1. The van der Waals surface area contributed by atoms with Gasteiger partial charge in [-0.3, -0.25) is 19.5 Å². The molecule has 5 nitrogen and oxygen atoms in total. The molecule has 146 valence electrons. The molecule has 2 aromatic rings. The summed E-state index contributed by atoms with van der Waals surface area (Å²) in [6, 6.07) is 4.04. The summed E-state index contributed by atoms with van der Waals surface area (Å²) in [6.45, 7) is 0.529. The fourth-order valence-corrected chi connectivity index (χ4v) is 5.28. The van der Waals surface area contributed by atoms with E-state index in [1.54, 1.807) is 28.6 Å². The minimum absolute atomic E-state index is 0.0766. The molecule has 2 aromatic heterocycles. The van der Waals surface area contributed by atoms with E-state index in [-0.39, 0.29) is 12.3 Å². The number of aliphatic carboxylic acids is 1. The van der Waals surface area contributed by atoms with Crippen LogP contribution in [-0.2, 0) is 9.59 Å². The van der Waals surface area contributed by atoms with Crippen LogP contribution in [0, 0.1) is 0 Å². The van der Waals surface area contributed by atoms with Gasteiger partial charge in [0.05, 0.1) is 4.91 Å². The molecule has 1 aliphatic rings. The van der Waals surface area contributed by atoms with Crippen LogP contribution in [0.15, 0.2) is 39.3 Å². The summed E-state index contributed by atoms with van der Waals surface area (Å²) in [7, 11) is 0. The van der Waals surface area contributed by atoms with E-state index in [0.29, 0.717) is 22.2 Å². The summed E-state index contributed by atoms with van der Waals surface area (Å²) in [4.78, 5) is 30.6. The molecule has 0 aliphatic carbocycles. The summed E-state index contributed by atoms with van der Waals surface area (Å²) in [5.74, 6) is -0.866. The van der Waals surface area contributed by atoms with Gasteiger partial charge in [0.15, 0.2) is 0 Å². The number of halogens is 1. The average Bonchev–Trinajstić information content (AvgIpc) is 3.21. The van der Waals surface area contributed by atoms with Gasteiger partial charge in [-0.2, -0.15) is 0 Å². The second kappa shape index (κ2) is 9.78. The number of thioether (sulfide) groups is 1. The highest BCUT2D eigenvalue weighted by molar-refractivity contribution is 9.10. The Morgan fingerprint density at radius 2 is 2.07 bits per heavy atom. The van der Waals surface area contributed by atoms with Crippen molar-refractivity contribution < 1.29 is 14.7 Å². The molecule has 0 atom stereocenters. The Bertz CT molecular complexity index is 942. The number of unbranched alkanes of at least 4 members (excludes halogenated alkanes) is 2.